The SMILES string of the molecule is O=P(c1ccc(-c2c3ccccc3cc3c4ccccc4c4ccccc4c23)cc1)(c1ccc2oc3ccccc3c2c1)c1ccc2oc3ccccc3c2c1. The van der Waals surface area contributed by atoms with Gasteiger partial charge in [-0.1, -0.05) is 133 Å². The molecule has 0 aliphatic carbocycles. The van der Waals surface area contributed by atoms with Crippen molar-refractivity contribution >= 4 is 110 Å². The molecule has 0 amide bonds. The monoisotopic (exact) mass is 734 g/mol. The van der Waals surface area contributed by atoms with E-state index in [4.69, 9.17) is 8.83 Å². The number of hydrogen-bond donors (Lipinski definition) is 0. The van der Waals surface area contributed by atoms with Crippen LogP contribution in [0.25, 0.3) is 98.1 Å². The van der Waals surface area contributed by atoms with Gasteiger partial charge in [-0.25, -0.2) is 0 Å². The fraction of sp³-hybridized carbons (Fsp3) is 0. The molecule has 0 unspecified atom stereocenters. The molecule has 0 bridgehead atoms. The second-order valence-electron chi connectivity index (χ2n) is 14.7. The molecule has 56 heavy (non-hydrogen) atoms. The molecule has 262 valence electrons. The van der Waals surface area contributed by atoms with Crippen molar-refractivity contribution in [2.45, 2.75) is 0 Å². The van der Waals surface area contributed by atoms with Crippen LogP contribution in [-0.2, 0) is 4.57 Å². The van der Waals surface area contributed by atoms with Gasteiger partial charge in [0.1, 0.15) is 22.3 Å². The zero-order chi connectivity index (χ0) is 37.0. The highest BCUT2D eigenvalue weighted by molar-refractivity contribution is 7.85. The molecule has 12 aromatic rings. The molecule has 0 atom stereocenters. The number of rotatable bonds is 4. The van der Waals surface area contributed by atoms with Gasteiger partial charge in [-0.2, -0.15) is 0 Å². The zero-order valence-electron chi connectivity index (χ0n) is 30.1. The fourth-order valence-corrected chi connectivity index (χ4v) is 11.8. The van der Waals surface area contributed by atoms with Crippen molar-refractivity contribution in [3.8, 4) is 11.1 Å². The Kier molecular flexibility index (Phi) is 6.61. The first-order valence-corrected chi connectivity index (χ1v) is 20.6. The van der Waals surface area contributed by atoms with E-state index in [0.717, 1.165) is 65.4 Å². The normalized spacial score (nSPS) is 12.4. The van der Waals surface area contributed by atoms with Crippen LogP contribution in [0.4, 0.5) is 0 Å². The summed E-state index contributed by atoms with van der Waals surface area (Å²) in [5.41, 5.74) is 5.43. The quantitative estimate of drug-likeness (QED) is 0.103. The molecule has 0 aliphatic heterocycles. The lowest BCUT2D eigenvalue weighted by atomic mass is 9.86. The van der Waals surface area contributed by atoms with Crippen LogP contribution in [0.5, 0.6) is 0 Å². The average Bonchev–Trinajstić information content (AvgIpc) is 3.83. The Labute approximate surface area is 321 Å². The molecule has 0 saturated carbocycles. The fourth-order valence-electron chi connectivity index (χ4n) is 9.13. The summed E-state index contributed by atoms with van der Waals surface area (Å²) in [6.45, 7) is 0. The molecule has 2 heterocycles. The molecule has 0 saturated heterocycles. The summed E-state index contributed by atoms with van der Waals surface area (Å²) >= 11 is 0. The second kappa shape index (κ2) is 11.8. The molecule has 4 heteroatoms. The lowest BCUT2D eigenvalue weighted by Gasteiger charge is -2.21. The minimum atomic E-state index is -3.46. The average molecular weight is 735 g/mol. The number of hydrogen-bond acceptors (Lipinski definition) is 3. The van der Waals surface area contributed by atoms with Crippen LogP contribution in [0.3, 0.4) is 0 Å². The maximum Gasteiger partial charge on any atom is 0.171 e. The van der Waals surface area contributed by atoms with Gasteiger partial charge >= 0.3 is 0 Å². The van der Waals surface area contributed by atoms with E-state index < -0.39 is 7.14 Å². The van der Waals surface area contributed by atoms with Gasteiger partial charge < -0.3 is 13.4 Å². The summed E-state index contributed by atoms with van der Waals surface area (Å²) in [6, 6.07) is 65.1. The Hall–Kier alpha value is -6.93. The number of fused-ring (bicyclic) bond motifs is 13. The van der Waals surface area contributed by atoms with E-state index in [-0.39, 0.29) is 0 Å². The van der Waals surface area contributed by atoms with Crippen molar-refractivity contribution in [1.29, 1.82) is 0 Å². The Morgan fingerprint density at radius 2 is 0.750 bits per heavy atom. The Morgan fingerprint density at radius 1 is 0.321 bits per heavy atom. The number of para-hydroxylation sites is 2. The maximum absolute atomic E-state index is 16.4. The van der Waals surface area contributed by atoms with E-state index in [0.29, 0.717) is 0 Å². The molecule has 0 radical (unpaired) electrons. The van der Waals surface area contributed by atoms with Crippen LogP contribution in [0.2, 0.25) is 0 Å². The van der Waals surface area contributed by atoms with Crippen LogP contribution in [0.1, 0.15) is 0 Å². The molecule has 0 spiro atoms. The van der Waals surface area contributed by atoms with E-state index >= 15 is 4.57 Å². The van der Waals surface area contributed by atoms with E-state index in [1.165, 1.54) is 48.7 Å². The van der Waals surface area contributed by atoms with Crippen molar-refractivity contribution in [2.75, 3.05) is 0 Å². The Bertz CT molecular complexity index is 3510. The number of benzene rings is 10. The van der Waals surface area contributed by atoms with Crippen LogP contribution < -0.4 is 15.9 Å². The van der Waals surface area contributed by atoms with Crippen molar-refractivity contribution < 1.29 is 13.4 Å². The minimum absolute atomic E-state index is 0.754. The summed E-state index contributed by atoms with van der Waals surface area (Å²) in [5.74, 6) is 0. The highest BCUT2D eigenvalue weighted by Crippen LogP contribution is 2.47. The lowest BCUT2D eigenvalue weighted by Crippen LogP contribution is -2.25. The summed E-state index contributed by atoms with van der Waals surface area (Å²) in [5, 5.41) is 15.9. The van der Waals surface area contributed by atoms with Gasteiger partial charge in [0.25, 0.3) is 0 Å². The highest BCUT2D eigenvalue weighted by Gasteiger charge is 2.32. The standard InChI is InChI=1S/C52H31O3P/c53-56(35-25-27-49-44(30-35)41-16-7-9-19-47(41)54-49,36-26-28-50-45(31-36)42-17-8-10-20-48(42)55-50)34-23-21-32(22-24-34)51-37-12-2-1-11-33(37)29-46-40-15-4-3-13-38(40)39-14-5-6-18-43(39)52(46)51/h1-31H. The van der Waals surface area contributed by atoms with E-state index in [9.17, 15) is 0 Å². The van der Waals surface area contributed by atoms with Crippen molar-refractivity contribution in [3.63, 3.8) is 0 Å². The topological polar surface area (TPSA) is 43.4 Å². The first-order chi connectivity index (χ1) is 27.6. The van der Waals surface area contributed by atoms with Gasteiger partial charge in [-0.05, 0) is 109 Å². The predicted molar refractivity (Wildman–Crippen MR) is 236 cm³/mol. The predicted octanol–water partition coefficient (Wildman–Crippen LogP) is 13.4. The van der Waals surface area contributed by atoms with Gasteiger partial charge in [-0.15, -0.1) is 0 Å². The Morgan fingerprint density at radius 3 is 1.34 bits per heavy atom. The molecule has 10 aromatic carbocycles. The largest absolute Gasteiger partial charge is 0.456 e. The smallest absolute Gasteiger partial charge is 0.171 e. The van der Waals surface area contributed by atoms with E-state index in [1.807, 2.05) is 60.7 Å². The zero-order valence-corrected chi connectivity index (χ0v) is 31.0. The van der Waals surface area contributed by atoms with Gasteiger partial charge in [-0.3, -0.25) is 0 Å². The molecule has 0 aliphatic rings. The molecule has 3 nitrogen and oxygen atoms in total. The van der Waals surface area contributed by atoms with Crippen LogP contribution in [-0.4, -0.2) is 0 Å². The maximum atomic E-state index is 16.4. The van der Waals surface area contributed by atoms with Crippen molar-refractivity contribution in [2.24, 2.45) is 0 Å². The third-order valence-electron chi connectivity index (χ3n) is 11.7. The molecule has 0 N–H and O–H groups in total. The van der Waals surface area contributed by atoms with Crippen molar-refractivity contribution in [1.82, 2.24) is 0 Å². The van der Waals surface area contributed by atoms with E-state index in [1.54, 1.807) is 0 Å². The third-order valence-corrected chi connectivity index (χ3v) is 14.8. The summed E-state index contributed by atoms with van der Waals surface area (Å²) < 4.78 is 28.8. The summed E-state index contributed by atoms with van der Waals surface area (Å²) in [6.07, 6.45) is 0. The summed E-state index contributed by atoms with van der Waals surface area (Å²) in [7, 11) is -3.46. The molecular weight excluding hydrogens is 704 g/mol. The lowest BCUT2D eigenvalue weighted by molar-refractivity contribution is 0.592. The molecule has 12 rings (SSSR count). The molecular formula is C52H31O3P. The van der Waals surface area contributed by atoms with Crippen LogP contribution >= 0.6 is 7.14 Å². The van der Waals surface area contributed by atoms with Gasteiger partial charge in [0.2, 0.25) is 0 Å². The highest BCUT2D eigenvalue weighted by atomic mass is 31.2. The van der Waals surface area contributed by atoms with Gasteiger partial charge in [0, 0.05) is 37.5 Å². The first-order valence-electron chi connectivity index (χ1n) is 18.9. The van der Waals surface area contributed by atoms with Crippen LogP contribution in [0, 0.1) is 0 Å². The minimum Gasteiger partial charge on any atom is -0.456 e. The van der Waals surface area contributed by atoms with Gasteiger partial charge in [0.05, 0.1) is 0 Å². The Balaban J connectivity index is 1.12. The third kappa shape index (κ3) is 4.44. The second-order valence-corrected chi connectivity index (χ2v) is 17.5. The molecule has 2 aromatic heterocycles. The number of furan rings is 2. The first kappa shape index (κ1) is 31.4. The molecule has 0 fully saturated rings. The van der Waals surface area contributed by atoms with Crippen molar-refractivity contribution in [3.05, 3.63) is 188 Å². The summed E-state index contributed by atoms with van der Waals surface area (Å²) in [4.78, 5) is 0. The van der Waals surface area contributed by atoms with Gasteiger partial charge in [0.15, 0.2) is 7.14 Å². The van der Waals surface area contributed by atoms with E-state index in [2.05, 4.69) is 127 Å². The van der Waals surface area contributed by atoms with Crippen LogP contribution in [0.15, 0.2) is 197 Å².